The summed E-state index contributed by atoms with van der Waals surface area (Å²) in [6, 6.07) is 3.83. The molecule has 7 nitrogen and oxygen atoms in total. The summed E-state index contributed by atoms with van der Waals surface area (Å²) < 4.78 is 43.0. The van der Waals surface area contributed by atoms with Gasteiger partial charge in [0.15, 0.2) is 5.71 Å². The zero-order chi connectivity index (χ0) is 18.4. The maximum absolute atomic E-state index is 12.8. The van der Waals surface area contributed by atoms with Gasteiger partial charge in [0.05, 0.1) is 31.2 Å². The zero-order valence-corrected chi connectivity index (χ0v) is 12.8. The molecule has 1 fully saturated rings. The van der Waals surface area contributed by atoms with Crippen LogP contribution in [0.1, 0.15) is 18.4 Å². The van der Waals surface area contributed by atoms with E-state index in [1.807, 2.05) is 0 Å². The molecule has 10 heteroatoms. The van der Waals surface area contributed by atoms with Crippen LogP contribution in [0.4, 0.5) is 18.9 Å². The first-order chi connectivity index (χ1) is 11.7. The molecule has 25 heavy (non-hydrogen) atoms. The lowest BCUT2D eigenvalue weighted by molar-refractivity contribution is -0.138. The second-order valence-corrected chi connectivity index (χ2v) is 5.55. The van der Waals surface area contributed by atoms with Crippen LogP contribution in [-0.4, -0.2) is 36.2 Å². The average molecular weight is 356 g/mol. The molecule has 2 heterocycles. The number of rotatable bonds is 2. The number of carbonyl (C=O) groups is 3. The maximum atomic E-state index is 12.8. The Morgan fingerprint density at radius 3 is 2.68 bits per heavy atom. The highest BCUT2D eigenvalue weighted by atomic mass is 19.4. The molecule has 1 aromatic carbocycles. The molecule has 0 saturated carbocycles. The van der Waals surface area contributed by atoms with Crippen molar-refractivity contribution in [2.75, 3.05) is 12.0 Å². The van der Waals surface area contributed by atoms with E-state index in [0.717, 1.165) is 19.2 Å². The Morgan fingerprint density at radius 2 is 2.04 bits per heavy atom. The molecule has 1 atom stereocenters. The smallest absolute Gasteiger partial charge is 0.416 e. The Labute approximate surface area is 139 Å². The number of ether oxygens (including phenoxy) is 1. The van der Waals surface area contributed by atoms with Gasteiger partial charge in [-0.05, 0) is 18.2 Å². The first kappa shape index (κ1) is 16.9. The van der Waals surface area contributed by atoms with E-state index in [2.05, 4.69) is 9.89 Å². The lowest BCUT2D eigenvalue weighted by Gasteiger charge is -2.20. The lowest BCUT2D eigenvalue weighted by atomic mass is 9.95. The third kappa shape index (κ3) is 2.73. The van der Waals surface area contributed by atoms with Crippen molar-refractivity contribution in [2.45, 2.75) is 24.6 Å². The van der Waals surface area contributed by atoms with Gasteiger partial charge in [-0.25, -0.2) is 9.69 Å². The van der Waals surface area contributed by atoms with Gasteiger partial charge in [0.1, 0.15) is 0 Å². The fourth-order valence-electron chi connectivity index (χ4n) is 2.71. The summed E-state index contributed by atoms with van der Waals surface area (Å²) in [6.45, 7) is 0. The zero-order valence-electron chi connectivity index (χ0n) is 12.8. The van der Waals surface area contributed by atoms with Crippen LogP contribution in [0.15, 0.2) is 29.4 Å². The first-order valence-corrected chi connectivity index (χ1v) is 7.06. The predicted molar refractivity (Wildman–Crippen MR) is 76.4 cm³/mol. The second kappa shape index (κ2) is 5.57. The number of hydrogen-bond acceptors (Lipinski definition) is 6. The molecule has 3 rings (SSSR count). The van der Waals surface area contributed by atoms with Crippen molar-refractivity contribution in [1.82, 2.24) is 0 Å². The molecule has 0 radical (unpaired) electrons. The summed E-state index contributed by atoms with van der Waals surface area (Å²) in [7, 11) is 1.12. The van der Waals surface area contributed by atoms with Crippen molar-refractivity contribution in [3.05, 3.63) is 29.8 Å². The van der Waals surface area contributed by atoms with E-state index in [9.17, 15) is 27.6 Å². The molecule has 0 N–H and O–H groups in total. The van der Waals surface area contributed by atoms with Crippen molar-refractivity contribution in [1.29, 1.82) is 0 Å². The van der Waals surface area contributed by atoms with E-state index in [1.165, 1.54) is 6.07 Å². The van der Waals surface area contributed by atoms with Crippen molar-refractivity contribution in [2.24, 2.45) is 5.16 Å². The van der Waals surface area contributed by atoms with Crippen molar-refractivity contribution >= 4 is 29.2 Å². The molecule has 0 bridgehead atoms. The molecule has 0 aliphatic carbocycles. The van der Waals surface area contributed by atoms with Crippen LogP contribution in [0.5, 0.6) is 0 Å². The van der Waals surface area contributed by atoms with Crippen LogP contribution >= 0.6 is 0 Å². The van der Waals surface area contributed by atoms with Crippen LogP contribution < -0.4 is 4.90 Å². The van der Waals surface area contributed by atoms with Gasteiger partial charge in [-0.2, -0.15) is 13.2 Å². The van der Waals surface area contributed by atoms with Gasteiger partial charge >= 0.3 is 12.1 Å². The summed E-state index contributed by atoms with van der Waals surface area (Å²) in [5.74, 6) is -2.43. The van der Waals surface area contributed by atoms with Gasteiger partial charge in [-0.15, -0.1) is 0 Å². The number of imide groups is 1. The number of oxime groups is 1. The van der Waals surface area contributed by atoms with Gasteiger partial charge in [0.25, 0.3) is 5.91 Å². The molecule has 0 unspecified atom stereocenters. The SMILES string of the molecule is COC(=O)C1=NO[C@]2(CC(=O)N(c3cccc(C(F)(F)F)c3)C2=O)C1. The summed E-state index contributed by atoms with van der Waals surface area (Å²) in [6.07, 6.45) is -5.35. The monoisotopic (exact) mass is 356 g/mol. The number of esters is 1. The van der Waals surface area contributed by atoms with Crippen molar-refractivity contribution in [3.8, 4) is 0 Å². The van der Waals surface area contributed by atoms with Crippen LogP contribution in [0, 0.1) is 0 Å². The number of alkyl halides is 3. The Balaban J connectivity index is 1.90. The number of methoxy groups -OCH3 is 1. The predicted octanol–water partition coefficient (Wildman–Crippen LogP) is 1.66. The fourth-order valence-corrected chi connectivity index (χ4v) is 2.71. The second-order valence-electron chi connectivity index (χ2n) is 5.55. The van der Waals surface area contributed by atoms with E-state index in [0.29, 0.717) is 11.0 Å². The van der Waals surface area contributed by atoms with E-state index in [1.54, 1.807) is 0 Å². The average Bonchev–Trinajstić information content (AvgIpc) is 3.08. The molecule has 132 valence electrons. The number of halogens is 3. The minimum absolute atomic E-state index is 0.172. The normalized spacial score (nSPS) is 23.0. The highest BCUT2D eigenvalue weighted by Gasteiger charge is 2.59. The molecule has 0 aromatic heterocycles. The molecule has 1 spiro atoms. The quantitative estimate of drug-likeness (QED) is 0.594. The first-order valence-electron chi connectivity index (χ1n) is 7.06. The summed E-state index contributed by atoms with van der Waals surface area (Å²) in [5, 5.41) is 3.47. The molecular formula is C15H11F3N2O5. The maximum Gasteiger partial charge on any atom is 0.416 e. The Kier molecular flexibility index (Phi) is 3.77. The standard InChI is InChI=1S/C15H11F3N2O5/c1-24-12(22)10-6-14(25-19-10)7-11(21)20(13(14)23)9-4-2-3-8(5-9)15(16,17)18/h2-5H,6-7H2,1H3/t14-/m0/s1. The number of carbonyl (C=O) groups excluding carboxylic acids is 3. The third-order valence-electron chi connectivity index (χ3n) is 3.92. The summed E-state index contributed by atoms with van der Waals surface area (Å²) in [5.41, 5.74) is -3.12. The van der Waals surface area contributed by atoms with Crippen LogP contribution in [0.3, 0.4) is 0 Å². The number of benzene rings is 1. The van der Waals surface area contributed by atoms with E-state index < -0.39 is 41.5 Å². The Hall–Kier alpha value is -2.91. The van der Waals surface area contributed by atoms with E-state index >= 15 is 0 Å². The lowest BCUT2D eigenvalue weighted by Crippen LogP contribution is -2.41. The van der Waals surface area contributed by atoms with Gasteiger partial charge in [-0.3, -0.25) is 9.59 Å². The minimum atomic E-state index is -4.62. The van der Waals surface area contributed by atoms with E-state index in [4.69, 9.17) is 4.84 Å². The van der Waals surface area contributed by atoms with Crippen LogP contribution in [0.2, 0.25) is 0 Å². The van der Waals surface area contributed by atoms with Gasteiger partial charge < -0.3 is 9.57 Å². The minimum Gasteiger partial charge on any atom is -0.464 e. The largest absolute Gasteiger partial charge is 0.464 e. The Morgan fingerprint density at radius 1 is 1.32 bits per heavy atom. The van der Waals surface area contributed by atoms with Gasteiger partial charge in [0, 0.05) is 0 Å². The highest BCUT2D eigenvalue weighted by molar-refractivity contribution is 6.38. The molecule has 1 aromatic rings. The van der Waals surface area contributed by atoms with E-state index in [-0.39, 0.29) is 17.8 Å². The third-order valence-corrected chi connectivity index (χ3v) is 3.92. The Bertz CT molecular complexity index is 805. The van der Waals surface area contributed by atoms with Gasteiger partial charge in [0.2, 0.25) is 11.5 Å². The molecular weight excluding hydrogens is 345 g/mol. The highest BCUT2D eigenvalue weighted by Crippen LogP contribution is 2.39. The van der Waals surface area contributed by atoms with Gasteiger partial charge in [-0.1, -0.05) is 11.2 Å². The summed E-state index contributed by atoms with van der Waals surface area (Å²) >= 11 is 0. The van der Waals surface area contributed by atoms with Crippen LogP contribution in [-0.2, 0) is 30.1 Å². The van der Waals surface area contributed by atoms with Crippen molar-refractivity contribution in [3.63, 3.8) is 0 Å². The topological polar surface area (TPSA) is 85.3 Å². The van der Waals surface area contributed by atoms with Crippen molar-refractivity contribution < 1.29 is 37.1 Å². The molecule has 2 amide bonds. The molecule has 2 aliphatic rings. The number of nitrogens with zero attached hydrogens (tertiary/aromatic N) is 2. The molecule has 2 aliphatic heterocycles. The number of hydrogen-bond donors (Lipinski definition) is 0. The fraction of sp³-hybridized carbons (Fsp3) is 0.333. The van der Waals surface area contributed by atoms with Crippen LogP contribution in [0.25, 0.3) is 0 Å². The molecule has 1 saturated heterocycles. The number of amides is 2. The number of anilines is 1. The summed E-state index contributed by atoms with van der Waals surface area (Å²) in [4.78, 5) is 42.0.